The molecule has 0 fully saturated rings. The van der Waals surface area contributed by atoms with E-state index in [0.29, 0.717) is 12.6 Å². The molecule has 1 aliphatic rings. The number of rotatable bonds is 4. The third-order valence-electron chi connectivity index (χ3n) is 3.79. The van der Waals surface area contributed by atoms with E-state index in [1.165, 1.54) is 5.56 Å². The van der Waals surface area contributed by atoms with Gasteiger partial charge in [0, 0.05) is 24.6 Å². The number of aryl methyl sites for hydroxylation is 1. The Kier molecular flexibility index (Phi) is 3.67. The maximum atomic E-state index is 10.2. The molecule has 0 saturated heterocycles. The van der Waals surface area contributed by atoms with Gasteiger partial charge in [0.05, 0.1) is 12.4 Å². The van der Waals surface area contributed by atoms with Gasteiger partial charge < -0.3 is 14.8 Å². The van der Waals surface area contributed by atoms with Crippen molar-refractivity contribution < 1.29 is 9.52 Å². The standard InChI is InChI=1S/C16H19NO2/c18-15(12-5-2-1-3-6-12)11-17-14-7-4-8-16-13(14)9-10-19-16/h1-3,5-6,9-10,14-15,17-18H,4,7-8,11H2. The molecule has 2 N–H and O–H groups in total. The van der Waals surface area contributed by atoms with Crippen molar-refractivity contribution in [1.29, 1.82) is 0 Å². The lowest BCUT2D eigenvalue weighted by Gasteiger charge is -2.24. The number of furan rings is 1. The summed E-state index contributed by atoms with van der Waals surface area (Å²) < 4.78 is 5.48. The Bertz CT molecular complexity index is 521. The van der Waals surface area contributed by atoms with Gasteiger partial charge in [-0.05, 0) is 24.5 Å². The van der Waals surface area contributed by atoms with Crippen LogP contribution >= 0.6 is 0 Å². The van der Waals surface area contributed by atoms with Crippen LogP contribution in [0.15, 0.2) is 47.1 Å². The largest absolute Gasteiger partial charge is 0.469 e. The normalized spacial score (nSPS) is 19.9. The molecule has 1 aliphatic carbocycles. The zero-order valence-corrected chi connectivity index (χ0v) is 10.9. The van der Waals surface area contributed by atoms with Gasteiger partial charge in [0.1, 0.15) is 5.76 Å². The van der Waals surface area contributed by atoms with Gasteiger partial charge >= 0.3 is 0 Å². The van der Waals surface area contributed by atoms with E-state index >= 15 is 0 Å². The summed E-state index contributed by atoms with van der Waals surface area (Å²) in [5, 5.41) is 13.6. The highest BCUT2D eigenvalue weighted by molar-refractivity contribution is 5.24. The van der Waals surface area contributed by atoms with Gasteiger partial charge in [0.2, 0.25) is 0 Å². The van der Waals surface area contributed by atoms with Crippen molar-refractivity contribution in [3.63, 3.8) is 0 Å². The maximum Gasteiger partial charge on any atom is 0.108 e. The molecule has 2 unspecified atom stereocenters. The Morgan fingerprint density at radius 3 is 2.95 bits per heavy atom. The van der Waals surface area contributed by atoms with E-state index < -0.39 is 6.10 Å². The van der Waals surface area contributed by atoms with Crippen molar-refractivity contribution in [2.75, 3.05) is 6.54 Å². The molecule has 0 spiro atoms. The molecule has 100 valence electrons. The van der Waals surface area contributed by atoms with Crippen molar-refractivity contribution in [2.45, 2.75) is 31.4 Å². The summed E-state index contributed by atoms with van der Waals surface area (Å²) >= 11 is 0. The molecule has 1 aromatic carbocycles. The minimum absolute atomic E-state index is 0.306. The van der Waals surface area contributed by atoms with Crippen molar-refractivity contribution in [1.82, 2.24) is 5.32 Å². The fraction of sp³-hybridized carbons (Fsp3) is 0.375. The van der Waals surface area contributed by atoms with Gasteiger partial charge in [-0.25, -0.2) is 0 Å². The first-order valence-corrected chi connectivity index (χ1v) is 6.87. The van der Waals surface area contributed by atoms with Crippen LogP contribution in [0.5, 0.6) is 0 Å². The van der Waals surface area contributed by atoms with Gasteiger partial charge in [-0.3, -0.25) is 0 Å². The summed E-state index contributed by atoms with van der Waals surface area (Å²) in [7, 11) is 0. The van der Waals surface area contributed by atoms with Crippen molar-refractivity contribution in [2.24, 2.45) is 0 Å². The van der Waals surface area contributed by atoms with E-state index in [0.717, 1.165) is 30.6 Å². The highest BCUT2D eigenvalue weighted by Gasteiger charge is 2.22. The second kappa shape index (κ2) is 5.59. The number of nitrogens with one attached hydrogen (secondary N) is 1. The summed E-state index contributed by atoms with van der Waals surface area (Å²) in [5.41, 5.74) is 2.21. The average Bonchev–Trinajstić information content (AvgIpc) is 2.94. The van der Waals surface area contributed by atoms with Crippen molar-refractivity contribution in [3.05, 3.63) is 59.5 Å². The average molecular weight is 257 g/mol. The fourth-order valence-corrected chi connectivity index (χ4v) is 2.75. The number of fused-ring (bicyclic) bond motifs is 1. The summed E-state index contributed by atoms with van der Waals surface area (Å²) in [4.78, 5) is 0. The fourth-order valence-electron chi connectivity index (χ4n) is 2.75. The quantitative estimate of drug-likeness (QED) is 0.885. The van der Waals surface area contributed by atoms with E-state index in [-0.39, 0.29) is 0 Å². The third-order valence-corrected chi connectivity index (χ3v) is 3.79. The molecule has 0 bridgehead atoms. The molecule has 2 aromatic rings. The minimum atomic E-state index is -0.460. The number of benzene rings is 1. The van der Waals surface area contributed by atoms with E-state index in [1.807, 2.05) is 36.4 Å². The molecule has 3 nitrogen and oxygen atoms in total. The molecule has 0 amide bonds. The SMILES string of the molecule is OC(CNC1CCCc2occc21)c1ccccc1. The molecule has 2 atom stereocenters. The first-order valence-electron chi connectivity index (χ1n) is 6.87. The minimum Gasteiger partial charge on any atom is -0.469 e. The van der Waals surface area contributed by atoms with Crippen LogP contribution in [0, 0.1) is 0 Å². The summed E-state index contributed by atoms with van der Waals surface area (Å²) in [5.74, 6) is 1.10. The molecule has 3 rings (SSSR count). The predicted molar refractivity (Wildman–Crippen MR) is 73.8 cm³/mol. The number of aliphatic hydroxyl groups excluding tert-OH is 1. The Morgan fingerprint density at radius 1 is 1.26 bits per heavy atom. The predicted octanol–water partition coefficient (Wildman–Crippen LogP) is 2.98. The summed E-state index contributed by atoms with van der Waals surface area (Å²) in [6, 6.07) is 12.1. The monoisotopic (exact) mass is 257 g/mol. The highest BCUT2D eigenvalue weighted by atomic mass is 16.3. The van der Waals surface area contributed by atoms with E-state index in [4.69, 9.17) is 4.42 Å². The second-order valence-electron chi connectivity index (χ2n) is 5.08. The van der Waals surface area contributed by atoms with Crippen LogP contribution in [0.1, 0.15) is 41.9 Å². The molecule has 1 heterocycles. The Balaban J connectivity index is 1.62. The third kappa shape index (κ3) is 2.72. The number of aliphatic hydroxyl groups is 1. The lowest BCUT2D eigenvalue weighted by atomic mass is 9.93. The second-order valence-corrected chi connectivity index (χ2v) is 5.08. The van der Waals surface area contributed by atoms with E-state index in [9.17, 15) is 5.11 Å². The van der Waals surface area contributed by atoms with Gasteiger partial charge in [-0.15, -0.1) is 0 Å². The van der Waals surface area contributed by atoms with E-state index in [2.05, 4.69) is 5.32 Å². The van der Waals surface area contributed by atoms with Crippen molar-refractivity contribution >= 4 is 0 Å². The Labute approximate surface area is 113 Å². The molecule has 19 heavy (non-hydrogen) atoms. The van der Waals surface area contributed by atoms with Crippen LogP contribution in [0.2, 0.25) is 0 Å². The molecule has 0 radical (unpaired) electrons. The lowest BCUT2D eigenvalue weighted by molar-refractivity contribution is 0.168. The molecule has 3 heteroatoms. The molecule has 0 saturated carbocycles. The molecule has 1 aromatic heterocycles. The Morgan fingerprint density at radius 2 is 2.11 bits per heavy atom. The van der Waals surface area contributed by atoms with E-state index in [1.54, 1.807) is 6.26 Å². The smallest absolute Gasteiger partial charge is 0.108 e. The Hall–Kier alpha value is -1.58. The van der Waals surface area contributed by atoms with Crippen LogP contribution in [0.4, 0.5) is 0 Å². The topological polar surface area (TPSA) is 45.4 Å². The van der Waals surface area contributed by atoms with Crippen LogP contribution in [-0.4, -0.2) is 11.7 Å². The van der Waals surface area contributed by atoms with Crippen LogP contribution in [0.3, 0.4) is 0 Å². The molecular weight excluding hydrogens is 238 g/mol. The van der Waals surface area contributed by atoms with Gasteiger partial charge in [-0.2, -0.15) is 0 Å². The number of hydrogen-bond donors (Lipinski definition) is 2. The summed E-state index contributed by atoms with van der Waals surface area (Å²) in [6.45, 7) is 0.569. The maximum absolute atomic E-state index is 10.2. The van der Waals surface area contributed by atoms with Crippen LogP contribution in [-0.2, 0) is 6.42 Å². The highest BCUT2D eigenvalue weighted by Crippen LogP contribution is 2.30. The first-order chi connectivity index (χ1) is 9.34. The zero-order valence-electron chi connectivity index (χ0n) is 10.9. The first kappa shape index (κ1) is 12.5. The van der Waals surface area contributed by atoms with Gasteiger partial charge in [0.15, 0.2) is 0 Å². The van der Waals surface area contributed by atoms with Gasteiger partial charge in [0.25, 0.3) is 0 Å². The summed E-state index contributed by atoms with van der Waals surface area (Å²) in [6.07, 6.45) is 4.58. The molecule has 0 aliphatic heterocycles. The molecular formula is C16H19NO2. The van der Waals surface area contributed by atoms with Gasteiger partial charge in [-0.1, -0.05) is 30.3 Å². The van der Waals surface area contributed by atoms with Crippen molar-refractivity contribution in [3.8, 4) is 0 Å². The van der Waals surface area contributed by atoms with Crippen LogP contribution < -0.4 is 5.32 Å². The zero-order chi connectivity index (χ0) is 13.1. The van der Waals surface area contributed by atoms with Crippen LogP contribution in [0.25, 0.3) is 0 Å². The number of hydrogen-bond acceptors (Lipinski definition) is 3. The lowest BCUT2D eigenvalue weighted by Crippen LogP contribution is -2.28.